The number of carbonyl (C=O) groups is 1. The third-order valence-electron chi connectivity index (χ3n) is 2.81. The Hall–Kier alpha value is -1.19. The van der Waals surface area contributed by atoms with Crippen LogP contribution in [0, 0.1) is 0 Å². The molecule has 90 valence electrons. The summed E-state index contributed by atoms with van der Waals surface area (Å²) in [5, 5.41) is 7.13. The van der Waals surface area contributed by atoms with E-state index in [2.05, 4.69) is 10.6 Å². The Morgan fingerprint density at radius 1 is 1.18 bits per heavy atom. The van der Waals surface area contributed by atoms with E-state index < -0.39 is 0 Å². The second-order valence-electron chi connectivity index (χ2n) is 3.97. The van der Waals surface area contributed by atoms with Crippen LogP contribution in [-0.4, -0.2) is 5.91 Å². The van der Waals surface area contributed by atoms with Crippen LogP contribution in [0.3, 0.4) is 0 Å². The van der Waals surface area contributed by atoms with Crippen molar-refractivity contribution in [3.05, 3.63) is 45.1 Å². The van der Waals surface area contributed by atoms with E-state index in [0.717, 1.165) is 11.3 Å². The van der Waals surface area contributed by atoms with Gasteiger partial charge in [-0.15, -0.1) is 0 Å². The van der Waals surface area contributed by atoms with Gasteiger partial charge >= 0.3 is 0 Å². The first-order valence-electron chi connectivity index (χ1n) is 5.19. The number of amides is 1. The van der Waals surface area contributed by atoms with E-state index in [1.54, 1.807) is 25.1 Å². The molecule has 0 spiro atoms. The highest BCUT2D eigenvalue weighted by Crippen LogP contribution is 2.27. The van der Waals surface area contributed by atoms with Crippen molar-refractivity contribution in [1.29, 1.82) is 0 Å². The third-order valence-corrected chi connectivity index (χ3v) is 3.38. The SMILES string of the molecule is CC1=C(C)C(=O)NC(c2ccc(Cl)cc2Cl)N1. The van der Waals surface area contributed by atoms with Crippen LogP contribution in [0.2, 0.25) is 10.0 Å². The molecule has 1 aromatic rings. The molecule has 1 heterocycles. The zero-order valence-electron chi connectivity index (χ0n) is 9.47. The number of hydrogen-bond acceptors (Lipinski definition) is 2. The largest absolute Gasteiger partial charge is 0.365 e. The fourth-order valence-corrected chi connectivity index (χ4v) is 2.18. The molecule has 1 amide bonds. The van der Waals surface area contributed by atoms with E-state index in [9.17, 15) is 4.79 Å². The van der Waals surface area contributed by atoms with Crippen molar-refractivity contribution in [1.82, 2.24) is 10.6 Å². The normalized spacial score (nSPS) is 20.0. The van der Waals surface area contributed by atoms with E-state index >= 15 is 0 Å². The zero-order chi connectivity index (χ0) is 12.6. The highest BCUT2D eigenvalue weighted by atomic mass is 35.5. The van der Waals surface area contributed by atoms with Crippen LogP contribution >= 0.6 is 23.2 Å². The number of benzene rings is 1. The van der Waals surface area contributed by atoms with Gasteiger partial charge in [-0.3, -0.25) is 4.79 Å². The van der Waals surface area contributed by atoms with Crippen molar-refractivity contribution in [2.75, 3.05) is 0 Å². The minimum Gasteiger partial charge on any atom is -0.365 e. The van der Waals surface area contributed by atoms with Gasteiger partial charge in [0.1, 0.15) is 6.17 Å². The van der Waals surface area contributed by atoms with Gasteiger partial charge in [-0.05, 0) is 26.0 Å². The first-order chi connectivity index (χ1) is 7.99. The molecule has 0 saturated heterocycles. The van der Waals surface area contributed by atoms with Gasteiger partial charge < -0.3 is 10.6 Å². The molecule has 0 aromatic heterocycles. The van der Waals surface area contributed by atoms with Gasteiger partial charge in [-0.25, -0.2) is 0 Å². The van der Waals surface area contributed by atoms with Gasteiger partial charge in [-0.1, -0.05) is 29.3 Å². The Morgan fingerprint density at radius 2 is 1.88 bits per heavy atom. The van der Waals surface area contributed by atoms with Crippen molar-refractivity contribution in [2.24, 2.45) is 0 Å². The van der Waals surface area contributed by atoms with Crippen molar-refractivity contribution < 1.29 is 4.79 Å². The lowest BCUT2D eigenvalue weighted by Crippen LogP contribution is -2.43. The minimum absolute atomic E-state index is 0.0859. The van der Waals surface area contributed by atoms with Gasteiger partial charge in [0.2, 0.25) is 5.91 Å². The molecular formula is C12H12Cl2N2O. The van der Waals surface area contributed by atoms with Crippen LogP contribution in [-0.2, 0) is 4.79 Å². The molecule has 3 nitrogen and oxygen atoms in total. The quantitative estimate of drug-likeness (QED) is 0.824. The molecule has 1 atom stereocenters. The van der Waals surface area contributed by atoms with E-state index in [1.165, 1.54) is 0 Å². The Labute approximate surface area is 110 Å². The summed E-state index contributed by atoms with van der Waals surface area (Å²) in [4.78, 5) is 11.7. The maximum absolute atomic E-state index is 11.7. The molecule has 0 bridgehead atoms. The molecule has 0 saturated carbocycles. The maximum Gasteiger partial charge on any atom is 0.250 e. The van der Waals surface area contributed by atoms with Crippen molar-refractivity contribution >= 4 is 29.1 Å². The molecule has 1 aliphatic rings. The standard InChI is InChI=1S/C12H12Cl2N2O/c1-6-7(2)15-11(16-12(6)17)9-4-3-8(13)5-10(9)14/h3-5,11,15H,1-2H3,(H,16,17). The van der Waals surface area contributed by atoms with Crippen LogP contribution in [0.1, 0.15) is 25.6 Å². The number of halogens is 2. The van der Waals surface area contributed by atoms with E-state index in [1.807, 2.05) is 6.92 Å². The zero-order valence-corrected chi connectivity index (χ0v) is 11.0. The average molecular weight is 271 g/mol. The predicted octanol–water partition coefficient (Wildman–Crippen LogP) is 3.01. The lowest BCUT2D eigenvalue weighted by molar-refractivity contribution is -0.119. The summed E-state index contributed by atoms with van der Waals surface area (Å²) in [5.41, 5.74) is 2.34. The molecule has 17 heavy (non-hydrogen) atoms. The Kier molecular flexibility index (Phi) is 3.31. The molecule has 0 aliphatic carbocycles. The summed E-state index contributed by atoms with van der Waals surface area (Å²) in [6, 6.07) is 5.21. The molecule has 2 rings (SSSR count). The van der Waals surface area contributed by atoms with E-state index in [0.29, 0.717) is 15.6 Å². The Bertz CT molecular complexity index is 511. The van der Waals surface area contributed by atoms with Crippen LogP contribution in [0.4, 0.5) is 0 Å². The highest BCUT2D eigenvalue weighted by molar-refractivity contribution is 6.35. The first-order valence-corrected chi connectivity index (χ1v) is 5.94. The van der Waals surface area contributed by atoms with E-state index in [4.69, 9.17) is 23.2 Å². The molecule has 5 heteroatoms. The molecular weight excluding hydrogens is 259 g/mol. The van der Waals surface area contributed by atoms with Crippen LogP contribution in [0.25, 0.3) is 0 Å². The minimum atomic E-state index is -0.309. The summed E-state index contributed by atoms with van der Waals surface area (Å²) in [6.07, 6.45) is -0.309. The number of rotatable bonds is 1. The lowest BCUT2D eigenvalue weighted by atomic mass is 10.1. The second kappa shape index (κ2) is 4.59. The molecule has 1 unspecified atom stereocenters. The average Bonchev–Trinajstić information content (AvgIpc) is 2.25. The molecule has 0 fully saturated rings. The summed E-state index contributed by atoms with van der Waals surface area (Å²) in [7, 11) is 0. The lowest BCUT2D eigenvalue weighted by Gasteiger charge is -2.28. The maximum atomic E-state index is 11.7. The highest BCUT2D eigenvalue weighted by Gasteiger charge is 2.23. The Balaban J connectivity index is 2.34. The van der Waals surface area contributed by atoms with E-state index in [-0.39, 0.29) is 12.1 Å². The van der Waals surface area contributed by atoms with Gasteiger partial charge in [0, 0.05) is 26.9 Å². The van der Waals surface area contributed by atoms with Gasteiger partial charge in [0.05, 0.1) is 0 Å². The number of allylic oxidation sites excluding steroid dienone is 1. The summed E-state index contributed by atoms with van der Waals surface area (Å²) in [6.45, 7) is 3.64. The van der Waals surface area contributed by atoms with Crippen molar-refractivity contribution in [2.45, 2.75) is 20.0 Å². The fourth-order valence-electron chi connectivity index (χ4n) is 1.66. The van der Waals surface area contributed by atoms with Crippen molar-refractivity contribution in [3.63, 3.8) is 0 Å². The first kappa shape index (κ1) is 12.3. The van der Waals surface area contributed by atoms with Crippen LogP contribution in [0.5, 0.6) is 0 Å². The van der Waals surface area contributed by atoms with Gasteiger partial charge in [-0.2, -0.15) is 0 Å². The fraction of sp³-hybridized carbons (Fsp3) is 0.250. The summed E-state index contributed by atoms with van der Waals surface area (Å²) in [5.74, 6) is -0.0859. The molecule has 0 radical (unpaired) electrons. The monoisotopic (exact) mass is 270 g/mol. The molecule has 1 aliphatic heterocycles. The summed E-state index contributed by atoms with van der Waals surface area (Å²) < 4.78 is 0. The van der Waals surface area contributed by atoms with Gasteiger partial charge in [0.25, 0.3) is 0 Å². The number of carbonyl (C=O) groups excluding carboxylic acids is 1. The molecule has 1 aromatic carbocycles. The number of nitrogens with one attached hydrogen (secondary N) is 2. The Morgan fingerprint density at radius 3 is 2.47 bits per heavy atom. The predicted molar refractivity (Wildman–Crippen MR) is 68.9 cm³/mol. The van der Waals surface area contributed by atoms with Crippen LogP contribution in [0.15, 0.2) is 29.5 Å². The van der Waals surface area contributed by atoms with Crippen molar-refractivity contribution in [3.8, 4) is 0 Å². The third kappa shape index (κ3) is 2.40. The number of hydrogen-bond donors (Lipinski definition) is 2. The van der Waals surface area contributed by atoms with Crippen LogP contribution < -0.4 is 10.6 Å². The van der Waals surface area contributed by atoms with Gasteiger partial charge in [0.15, 0.2) is 0 Å². The molecule has 2 N–H and O–H groups in total. The smallest absolute Gasteiger partial charge is 0.250 e. The second-order valence-corrected chi connectivity index (χ2v) is 4.81. The summed E-state index contributed by atoms with van der Waals surface area (Å²) >= 11 is 11.9. The topological polar surface area (TPSA) is 41.1 Å².